The van der Waals surface area contributed by atoms with Crippen molar-refractivity contribution in [1.29, 1.82) is 0 Å². The Morgan fingerprint density at radius 3 is 2.83 bits per heavy atom. The number of amides is 1. The molecule has 0 saturated heterocycles. The molecule has 0 saturated carbocycles. The number of benzene rings is 2. The van der Waals surface area contributed by atoms with Crippen molar-refractivity contribution in [1.82, 2.24) is 10.4 Å². The van der Waals surface area contributed by atoms with E-state index < -0.39 is 12.0 Å². The second-order valence-electron chi connectivity index (χ2n) is 4.98. The molecule has 3 rings (SSSR count). The number of carbonyl (C=O) groups is 1. The van der Waals surface area contributed by atoms with Crippen LogP contribution in [-0.2, 0) is 4.79 Å². The first-order valence-electron chi connectivity index (χ1n) is 6.98. The van der Waals surface area contributed by atoms with Gasteiger partial charge < -0.3 is 10.1 Å². The summed E-state index contributed by atoms with van der Waals surface area (Å²) in [6.45, 7) is 0. The average molecular weight is 372 g/mol. The maximum Gasteiger partial charge on any atom is 0.273 e. The fourth-order valence-electron chi connectivity index (χ4n) is 2.23. The molecule has 2 aromatic carbocycles. The summed E-state index contributed by atoms with van der Waals surface area (Å²) < 4.78 is 0.961. The Balaban J connectivity index is 1.70. The van der Waals surface area contributed by atoms with E-state index in [1.54, 1.807) is 36.7 Å². The van der Waals surface area contributed by atoms with Crippen molar-refractivity contribution in [2.75, 3.05) is 0 Å². The molecule has 0 spiro atoms. The minimum absolute atomic E-state index is 0.524. The van der Waals surface area contributed by atoms with Gasteiger partial charge in [0.2, 0.25) is 0 Å². The number of aromatic nitrogens is 1. The highest BCUT2D eigenvalue weighted by atomic mass is 79.9. The van der Waals surface area contributed by atoms with Gasteiger partial charge in [-0.25, -0.2) is 5.43 Å². The van der Waals surface area contributed by atoms with Gasteiger partial charge in [0.25, 0.3) is 5.91 Å². The molecule has 0 bridgehead atoms. The van der Waals surface area contributed by atoms with Crippen molar-refractivity contribution in [3.05, 3.63) is 70.3 Å². The second kappa shape index (κ2) is 6.76. The zero-order chi connectivity index (χ0) is 16.2. The van der Waals surface area contributed by atoms with Gasteiger partial charge in [-0.1, -0.05) is 46.3 Å². The minimum atomic E-state index is -1.24. The highest BCUT2D eigenvalue weighted by Crippen LogP contribution is 2.21. The van der Waals surface area contributed by atoms with Crippen LogP contribution < -0.4 is 5.43 Å². The van der Waals surface area contributed by atoms with Gasteiger partial charge in [-0.2, -0.15) is 5.10 Å². The van der Waals surface area contributed by atoms with Gasteiger partial charge >= 0.3 is 0 Å². The number of nitrogens with one attached hydrogen (secondary N) is 2. The standard InChI is InChI=1S/C17H14BrN3O2/c18-13-6-7-15-14(8-13)12(9-19-15)10-20-21-17(23)16(22)11-4-2-1-3-5-11/h1-10,16,19,22H,(H,21,23)/b20-10+/t16-/m0/s1. The lowest BCUT2D eigenvalue weighted by Gasteiger charge is -2.08. The number of fused-ring (bicyclic) bond motifs is 1. The molecule has 1 aromatic heterocycles. The summed E-state index contributed by atoms with van der Waals surface area (Å²) >= 11 is 3.43. The van der Waals surface area contributed by atoms with Gasteiger partial charge in [-0.15, -0.1) is 0 Å². The highest BCUT2D eigenvalue weighted by molar-refractivity contribution is 9.10. The Morgan fingerprint density at radius 2 is 2.04 bits per heavy atom. The molecule has 1 amide bonds. The lowest BCUT2D eigenvalue weighted by atomic mass is 10.1. The van der Waals surface area contributed by atoms with Crippen LogP contribution in [0.15, 0.2) is 64.3 Å². The summed E-state index contributed by atoms with van der Waals surface area (Å²) in [5, 5.41) is 14.9. The maximum absolute atomic E-state index is 11.9. The van der Waals surface area contributed by atoms with E-state index in [0.29, 0.717) is 5.56 Å². The SMILES string of the molecule is O=C(N/N=C/c1c[nH]c2ccc(Br)cc12)[C@@H](O)c1ccccc1. The van der Waals surface area contributed by atoms with E-state index in [9.17, 15) is 9.90 Å². The smallest absolute Gasteiger partial charge is 0.273 e. The van der Waals surface area contributed by atoms with Crippen molar-refractivity contribution < 1.29 is 9.90 Å². The summed E-state index contributed by atoms with van der Waals surface area (Å²) in [6.07, 6.45) is 2.10. The first-order valence-corrected chi connectivity index (χ1v) is 7.77. The third-order valence-electron chi connectivity index (χ3n) is 3.42. The topological polar surface area (TPSA) is 77.5 Å². The van der Waals surface area contributed by atoms with Crippen molar-refractivity contribution in [3.63, 3.8) is 0 Å². The van der Waals surface area contributed by atoms with Crippen LogP contribution in [0, 0.1) is 0 Å². The van der Waals surface area contributed by atoms with Crippen LogP contribution in [0.1, 0.15) is 17.2 Å². The maximum atomic E-state index is 11.9. The summed E-state index contributed by atoms with van der Waals surface area (Å²) in [6, 6.07) is 14.6. The number of carbonyl (C=O) groups excluding carboxylic acids is 1. The molecule has 0 unspecified atom stereocenters. The van der Waals surface area contributed by atoms with Crippen LogP contribution in [0.25, 0.3) is 10.9 Å². The Morgan fingerprint density at radius 1 is 1.26 bits per heavy atom. The fourth-order valence-corrected chi connectivity index (χ4v) is 2.60. The zero-order valence-electron chi connectivity index (χ0n) is 12.0. The van der Waals surface area contributed by atoms with Crippen LogP contribution in [0.5, 0.6) is 0 Å². The van der Waals surface area contributed by atoms with Gasteiger partial charge in [0, 0.05) is 27.1 Å². The minimum Gasteiger partial charge on any atom is -0.378 e. The Kier molecular flexibility index (Phi) is 4.55. The molecule has 0 aliphatic carbocycles. The lowest BCUT2D eigenvalue weighted by Crippen LogP contribution is -2.25. The number of nitrogens with zero attached hydrogens (tertiary/aromatic N) is 1. The number of halogens is 1. The number of rotatable bonds is 4. The molecule has 1 atom stereocenters. The second-order valence-corrected chi connectivity index (χ2v) is 5.90. The fraction of sp³-hybridized carbons (Fsp3) is 0.0588. The van der Waals surface area contributed by atoms with E-state index in [-0.39, 0.29) is 0 Å². The van der Waals surface area contributed by atoms with Crippen molar-refractivity contribution >= 4 is 39.0 Å². The van der Waals surface area contributed by atoms with E-state index in [2.05, 4.69) is 31.4 Å². The number of aliphatic hydroxyl groups is 1. The molecule has 23 heavy (non-hydrogen) atoms. The molecule has 5 nitrogen and oxygen atoms in total. The van der Waals surface area contributed by atoms with Crippen LogP contribution in [0.2, 0.25) is 0 Å². The number of aliphatic hydroxyl groups excluding tert-OH is 1. The van der Waals surface area contributed by atoms with Gasteiger partial charge in [0.15, 0.2) is 6.10 Å². The normalized spacial score (nSPS) is 12.6. The van der Waals surface area contributed by atoms with Crippen LogP contribution >= 0.6 is 15.9 Å². The van der Waals surface area contributed by atoms with Crippen LogP contribution in [-0.4, -0.2) is 22.2 Å². The number of hydrogen-bond donors (Lipinski definition) is 3. The predicted octanol–water partition coefficient (Wildman–Crippen LogP) is 3.11. The van der Waals surface area contributed by atoms with E-state index in [1.165, 1.54) is 0 Å². The van der Waals surface area contributed by atoms with Gasteiger partial charge in [0.05, 0.1) is 6.21 Å². The summed E-state index contributed by atoms with van der Waals surface area (Å²) in [7, 11) is 0. The Bertz CT molecular complexity index is 859. The number of H-pyrrole nitrogens is 1. The number of hydrazone groups is 1. The Hall–Kier alpha value is -2.44. The monoisotopic (exact) mass is 371 g/mol. The van der Waals surface area contributed by atoms with E-state index in [0.717, 1.165) is 20.9 Å². The zero-order valence-corrected chi connectivity index (χ0v) is 13.6. The Labute approximate surface area is 141 Å². The van der Waals surface area contributed by atoms with Crippen molar-refractivity contribution in [3.8, 4) is 0 Å². The molecular weight excluding hydrogens is 358 g/mol. The third-order valence-corrected chi connectivity index (χ3v) is 3.91. The number of hydrogen-bond acceptors (Lipinski definition) is 3. The summed E-state index contributed by atoms with van der Waals surface area (Å²) in [4.78, 5) is 15.0. The molecule has 0 aliphatic heterocycles. The van der Waals surface area contributed by atoms with Gasteiger partial charge in [-0.3, -0.25) is 4.79 Å². The molecule has 3 aromatic rings. The third kappa shape index (κ3) is 3.49. The largest absolute Gasteiger partial charge is 0.378 e. The predicted molar refractivity (Wildman–Crippen MR) is 93.1 cm³/mol. The van der Waals surface area contributed by atoms with Crippen LogP contribution in [0.4, 0.5) is 0 Å². The van der Waals surface area contributed by atoms with E-state index in [4.69, 9.17) is 0 Å². The quantitative estimate of drug-likeness (QED) is 0.486. The van der Waals surface area contributed by atoms with Crippen molar-refractivity contribution in [2.45, 2.75) is 6.10 Å². The van der Waals surface area contributed by atoms with Gasteiger partial charge in [0.1, 0.15) is 0 Å². The van der Waals surface area contributed by atoms with Crippen molar-refractivity contribution in [2.24, 2.45) is 5.10 Å². The van der Waals surface area contributed by atoms with Crippen LogP contribution in [0.3, 0.4) is 0 Å². The molecule has 0 fully saturated rings. The average Bonchev–Trinajstić information content (AvgIpc) is 2.97. The lowest BCUT2D eigenvalue weighted by molar-refractivity contribution is -0.129. The number of aromatic amines is 1. The van der Waals surface area contributed by atoms with Gasteiger partial charge in [-0.05, 0) is 23.8 Å². The van der Waals surface area contributed by atoms with E-state index >= 15 is 0 Å². The molecule has 1 heterocycles. The summed E-state index contributed by atoms with van der Waals surface area (Å²) in [5.41, 5.74) is 4.70. The molecule has 6 heteroatoms. The highest BCUT2D eigenvalue weighted by Gasteiger charge is 2.16. The molecule has 3 N–H and O–H groups in total. The van der Waals surface area contributed by atoms with E-state index in [1.807, 2.05) is 24.3 Å². The first kappa shape index (κ1) is 15.5. The molecule has 116 valence electrons. The molecule has 0 aliphatic rings. The first-order chi connectivity index (χ1) is 11.1. The summed E-state index contributed by atoms with van der Waals surface area (Å²) in [5.74, 6) is -0.575. The molecule has 0 radical (unpaired) electrons. The molecular formula is C17H14BrN3O2.